The molecule has 1 aromatic carbocycles. The van der Waals surface area contributed by atoms with Gasteiger partial charge in [0, 0.05) is 36.0 Å². The fraction of sp³-hybridized carbons (Fsp3) is 0.333. The van der Waals surface area contributed by atoms with Crippen LogP contribution in [0.5, 0.6) is 0 Å². The Morgan fingerprint density at radius 3 is 2.70 bits per heavy atom. The summed E-state index contributed by atoms with van der Waals surface area (Å²) < 4.78 is 1.47. The average Bonchev–Trinajstić information content (AvgIpc) is 3.05. The first-order valence-electron chi connectivity index (χ1n) is 7.83. The maximum Gasteiger partial charge on any atom is 0.250 e. The van der Waals surface area contributed by atoms with Crippen LogP contribution in [-0.2, 0) is 11.3 Å². The Balaban J connectivity index is 1.50. The van der Waals surface area contributed by atoms with Crippen LogP contribution in [-0.4, -0.2) is 34.2 Å². The van der Waals surface area contributed by atoms with E-state index in [4.69, 9.17) is 0 Å². The highest BCUT2D eigenvalue weighted by Crippen LogP contribution is 2.25. The Bertz CT molecular complexity index is 714. The van der Waals surface area contributed by atoms with Crippen molar-refractivity contribution in [3.05, 3.63) is 65.1 Å². The molecule has 0 N–H and O–H groups in total. The van der Waals surface area contributed by atoms with Gasteiger partial charge in [-0.1, -0.05) is 24.3 Å². The van der Waals surface area contributed by atoms with Crippen LogP contribution in [0.15, 0.2) is 64.4 Å². The minimum absolute atomic E-state index is 0.0329. The summed E-state index contributed by atoms with van der Waals surface area (Å²) in [7, 11) is 0. The van der Waals surface area contributed by atoms with Gasteiger partial charge in [0.2, 0.25) is 5.91 Å². The van der Waals surface area contributed by atoms with Crippen LogP contribution in [0.25, 0.3) is 0 Å². The highest BCUT2D eigenvalue weighted by atomic mass is 32.2. The number of hydrogen-bond acceptors (Lipinski definition) is 3. The van der Waals surface area contributed by atoms with Crippen molar-refractivity contribution in [2.45, 2.75) is 17.9 Å². The molecule has 3 rings (SSSR count). The molecular formula is C18H20N2O2S. The van der Waals surface area contributed by atoms with E-state index in [0.717, 1.165) is 25.3 Å². The summed E-state index contributed by atoms with van der Waals surface area (Å²) in [4.78, 5) is 27.2. The number of hydrogen-bond donors (Lipinski definition) is 0. The number of aromatic nitrogens is 1. The molecule has 1 aliphatic heterocycles. The molecule has 120 valence electrons. The molecule has 0 radical (unpaired) electrons. The second-order valence-corrected chi connectivity index (χ2v) is 6.88. The average molecular weight is 328 g/mol. The molecule has 0 spiro atoms. The van der Waals surface area contributed by atoms with Crippen molar-refractivity contribution in [3.63, 3.8) is 0 Å². The molecule has 5 heteroatoms. The van der Waals surface area contributed by atoms with E-state index in [9.17, 15) is 9.59 Å². The van der Waals surface area contributed by atoms with Gasteiger partial charge >= 0.3 is 0 Å². The Morgan fingerprint density at radius 2 is 1.91 bits per heavy atom. The van der Waals surface area contributed by atoms with Crippen LogP contribution >= 0.6 is 11.8 Å². The van der Waals surface area contributed by atoms with Gasteiger partial charge in [-0.15, -0.1) is 11.8 Å². The number of carbonyl (C=O) groups excluding carboxylic acids is 1. The van der Waals surface area contributed by atoms with Crippen molar-refractivity contribution in [2.75, 3.05) is 18.8 Å². The van der Waals surface area contributed by atoms with Crippen molar-refractivity contribution in [1.29, 1.82) is 0 Å². The second kappa shape index (κ2) is 7.51. The molecule has 1 fully saturated rings. The lowest BCUT2D eigenvalue weighted by Crippen LogP contribution is -2.34. The quantitative estimate of drug-likeness (QED) is 0.792. The topological polar surface area (TPSA) is 42.3 Å². The fourth-order valence-corrected chi connectivity index (χ4v) is 3.81. The zero-order chi connectivity index (χ0) is 16.1. The van der Waals surface area contributed by atoms with Gasteiger partial charge < -0.3 is 9.47 Å². The lowest BCUT2D eigenvalue weighted by molar-refractivity contribution is -0.130. The second-order valence-electron chi connectivity index (χ2n) is 5.79. The number of amides is 1. The van der Waals surface area contributed by atoms with E-state index >= 15 is 0 Å². The van der Waals surface area contributed by atoms with Gasteiger partial charge in [0.05, 0.1) is 0 Å². The maximum atomic E-state index is 12.3. The minimum atomic E-state index is -0.128. The summed E-state index contributed by atoms with van der Waals surface area (Å²) in [6.07, 6.45) is 2.70. The van der Waals surface area contributed by atoms with Crippen molar-refractivity contribution in [2.24, 2.45) is 5.92 Å². The smallest absolute Gasteiger partial charge is 0.250 e. The van der Waals surface area contributed by atoms with Gasteiger partial charge in [0.25, 0.3) is 5.56 Å². The van der Waals surface area contributed by atoms with Crippen molar-refractivity contribution in [3.8, 4) is 0 Å². The number of pyridine rings is 1. The highest BCUT2D eigenvalue weighted by Gasteiger charge is 2.26. The first-order valence-corrected chi connectivity index (χ1v) is 8.82. The molecule has 1 aromatic heterocycles. The van der Waals surface area contributed by atoms with Crippen LogP contribution in [0.1, 0.15) is 6.42 Å². The van der Waals surface area contributed by atoms with E-state index in [2.05, 4.69) is 12.1 Å². The summed E-state index contributed by atoms with van der Waals surface area (Å²) in [5, 5.41) is 0. The number of thioether (sulfide) groups is 1. The third kappa shape index (κ3) is 4.26. The molecule has 0 aliphatic carbocycles. The zero-order valence-electron chi connectivity index (χ0n) is 12.9. The Hall–Kier alpha value is -2.01. The first kappa shape index (κ1) is 15.9. The van der Waals surface area contributed by atoms with Gasteiger partial charge in [-0.3, -0.25) is 9.59 Å². The largest absolute Gasteiger partial charge is 0.341 e. The third-order valence-corrected chi connectivity index (χ3v) is 5.32. The molecule has 23 heavy (non-hydrogen) atoms. The first-order chi connectivity index (χ1) is 11.2. The van der Waals surface area contributed by atoms with E-state index < -0.39 is 0 Å². The van der Waals surface area contributed by atoms with Crippen molar-refractivity contribution in [1.82, 2.24) is 9.47 Å². The van der Waals surface area contributed by atoms with Crippen LogP contribution in [0.2, 0.25) is 0 Å². The van der Waals surface area contributed by atoms with E-state index in [0.29, 0.717) is 5.92 Å². The van der Waals surface area contributed by atoms with E-state index in [1.54, 1.807) is 18.3 Å². The van der Waals surface area contributed by atoms with Crippen molar-refractivity contribution < 1.29 is 4.79 Å². The van der Waals surface area contributed by atoms with E-state index in [1.165, 1.54) is 15.5 Å². The van der Waals surface area contributed by atoms with Crippen LogP contribution in [0.4, 0.5) is 0 Å². The SMILES string of the molecule is O=C(Cn1ccccc1=O)N1CCC(CSc2ccccc2)C1. The summed E-state index contributed by atoms with van der Waals surface area (Å²) in [6.45, 7) is 1.72. The predicted octanol–water partition coefficient (Wildman–Crippen LogP) is 2.49. The molecule has 1 unspecified atom stereocenters. The number of carbonyl (C=O) groups is 1. The monoisotopic (exact) mass is 328 g/mol. The molecule has 4 nitrogen and oxygen atoms in total. The molecule has 1 atom stereocenters. The normalized spacial score (nSPS) is 17.4. The molecule has 0 bridgehead atoms. The van der Waals surface area contributed by atoms with Gasteiger partial charge in [-0.2, -0.15) is 0 Å². The number of benzene rings is 1. The van der Waals surface area contributed by atoms with Gasteiger partial charge in [-0.05, 0) is 30.5 Å². The molecule has 1 amide bonds. The molecule has 1 aliphatic rings. The Kier molecular flexibility index (Phi) is 5.18. The van der Waals surface area contributed by atoms with Crippen LogP contribution in [0, 0.1) is 5.92 Å². The minimum Gasteiger partial charge on any atom is -0.341 e. The summed E-state index contributed by atoms with van der Waals surface area (Å²) in [6, 6.07) is 15.3. The summed E-state index contributed by atoms with van der Waals surface area (Å²) in [5.41, 5.74) is -0.128. The highest BCUT2D eigenvalue weighted by molar-refractivity contribution is 7.99. The lowest BCUT2D eigenvalue weighted by atomic mass is 10.2. The molecule has 2 aromatic rings. The lowest BCUT2D eigenvalue weighted by Gasteiger charge is -2.17. The summed E-state index contributed by atoms with van der Waals surface area (Å²) >= 11 is 1.84. The van der Waals surface area contributed by atoms with Gasteiger partial charge in [0.1, 0.15) is 6.54 Å². The predicted molar refractivity (Wildman–Crippen MR) is 92.6 cm³/mol. The maximum absolute atomic E-state index is 12.3. The number of nitrogens with zero attached hydrogens (tertiary/aromatic N) is 2. The van der Waals surface area contributed by atoms with E-state index in [-0.39, 0.29) is 18.0 Å². The fourth-order valence-electron chi connectivity index (χ4n) is 2.76. The zero-order valence-corrected chi connectivity index (χ0v) is 13.7. The summed E-state index contributed by atoms with van der Waals surface area (Å²) in [5.74, 6) is 1.58. The van der Waals surface area contributed by atoms with Gasteiger partial charge in [-0.25, -0.2) is 0 Å². The van der Waals surface area contributed by atoms with Gasteiger partial charge in [0.15, 0.2) is 0 Å². The molecule has 1 saturated heterocycles. The molecular weight excluding hydrogens is 308 g/mol. The molecule has 2 heterocycles. The Labute approximate surface area is 140 Å². The molecule has 0 saturated carbocycles. The number of rotatable bonds is 5. The third-order valence-electron chi connectivity index (χ3n) is 4.07. The number of likely N-dealkylation sites (tertiary alicyclic amines) is 1. The standard InChI is InChI=1S/C18H20N2O2S/c21-17-8-4-5-10-19(17)13-18(22)20-11-9-15(12-20)14-23-16-6-2-1-3-7-16/h1-8,10,15H,9,11-14H2. The van der Waals surface area contributed by atoms with E-state index in [1.807, 2.05) is 34.9 Å². The van der Waals surface area contributed by atoms with Crippen molar-refractivity contribution >= 4 is 17.7 Å². The Morgan fingerprint density at radius 1 is 1.13 bits per heavy atom. The van der Waals surface area contributed by atoms with Crippen LogP contribution < -0.4 is 5.56 Å². The van der Waals surface area contributed by atoms with Crippen LogP contribution in [0.3, 0.4) is 0 Å².